The quantitative estimate of drug-likeness (QED) is 0.808. The molecule has 1 aliphatic carbocycles. The van der Waals surface area contributed by atoms with Gasteiger partial charge in [-0.2, -0.15) is 11.8 Å². The van der Waals surface area contributed by atoms with E-state index in [1.165, 1.54) is 32.1 Å². The predicted octanol–water partition coefficient (Wildman–Crippen LogP) is 3.04. The topological polar surface area (TPSA) is 32.3 Å². The molecule has 1 amide bonds. The summed E-state index contributed by atoms with van der Waals surface area (Å²) in [6.07, 6.45) is 8.78. The first-order chi connectivity index (χ1) is 10.1. The van der Waals surface area contributed by atoms with Crippen molar-refractivity contribution in [3.8, 4) is 0 Å². The molecule has 2 heterocycles. The monoisotopic (exact) mass is 310 g/mol. The van der Waals surface area contributed by atoms with Crippen molar-refractivity contribution >= 4 is 17.7 Å². The van der Waals surface area contributed by atoms with Crippen LogP contribution in [0.2, 0.25) is 0 Å². The fourth-order valence-electron chi connectivity index (χ4n) is 4.15. The minimum Gasteiger partial charge on any atom is -0.340 e. The van der Waals surface area contributed by atoms with Crippen molar-refractivity contribution in [2.45, 2.75) is 75.6 Å². The lowest BCUT2D eigenvalue weighted by Crippen LogP contribution is -2.56. The number of hydrogen-bond donors (Lipinski definition) is 1. The number of nitrogens with zero attached hydrogens (tertiary/aromatic N) is 1. The zero-order valence-electron chi connectivity index (χ0n) is 13.6. The second-order valence-corrected chi connectivity index (χ2v) is 9.43. The van der Waals surface area contributed by atoms with Gasteiger partial charge in [0.05, 0.1) is 6.04 Å². The highest BCUT2D eigenvalue weighted by molar-refractivity contribution is 8.00. The predicted molar refractivity (Wildman–Crippen MR) is 89.6 cm³/mol. The van der Waals surface area contributed by atoms with Crippen LogP contribution in [0.4, 0.5) is 0 Å². The van der Waals surface area contributed by atoms with E-state index in [1.54, 1.807) is 0 Å². The number of thioether (sulfide) groups is 1. The molecule has 1 N–H and O–H groups in total. The molecule has 0 aromatic rings. The van der Waals surface area contributed by atoms with Gasteiger partial charge >= 0.3 is 0 Å². The number of carbonyl (C=O) groups is 1. The van der Waals surface area contributed by atoms with Gasteiger partial charge in [0.2, 0.25) is 5.91 Å². The van der Waals surface area contributed by atoms with Gasteiger partial charge in [-0.05, 0) is 38.0 Å². The number of piperidine rings is 1. The van der Waals surface area contributed by atoms with Gasteiger partial charge in [-0.15, -0.1) is 0 Å². The van der Waals surface area contributed by atoms with Crippen LogP contribution < -0.4 is 5.32 Å². The van der Waals surface area contributed by atoms with Crippen molar-refractivity contribution in [1.29, 1.82) is 0 Å². The highest BCUT2D eigenvalue weighted by atomic mass is 32.2. The molecule has 21 heavy (non-hydrogen) atoms. The number of amides is 1. The molecule has 3 nitrogen and oxygen atoms in total. The third-order valence-corrected chi connectivity index (χ3v) is 6.97. The highest BCUT2D eigenvalue weighted by Gasteiger charge is 2.36. The minimum atomic E-state index is 0.0931. The largest absolute Gasteiger partial charge is 0.340 e. The van der Waals surface area contributed by atoms with Crippen LogP contribution in [0, 0.1) is 5.92 Å². The molecule has 0 bridgehead atoms. The molecule has 3 fully saturated rings. The Kier molecular flexibility index (Phi) is 4.84. The first-order valence-corrected chi connectivity index (χ1v) is 9.72. The number of fused-ring (bicyclic) bond motifs is 1. The van der Waals surface area contributed by atoms with Gasteiger partial charge < -0.3 is 10.2 Å². The summed E-state index contributed by atoms with van der Waals surface area (Å²) in [7, 11) is 0. The van der Waals surface area contributed by atoms with Crippen LogP contribution in [-0.4, -0.2) is 46.5 Å². The summed E-state index contributed by atoms with van der Waals surface area (Å²) in [6.45, 7) is 6.47. The van der Waals surface area contributed by atoms with E-state index in [-0.39, 0.29) is 6.04 Å². The molecule has 0 aromatic heterocycles. The number of carbonyl (C=O) groups excluding carboxylic acids is 1. The van der Waals surface area contributed by atoms with Crippen molar-refractivity contribution in [1.82, 2.24) is 10.2 Å². The van der Waals surface area contributed by atoms with Crippen LogP contribution in [0.3, 0.4) is 0 Å². The zero-order valence-corrected chi connectivity index (χ0v) is 14.4. The van der Waals surface area contributed by atoms with E-state index in [1.807, 2.05) is 11.8 Å². The Labute approximate surface area is 133 Å². The van der Waals surface area contributed by atoms with Crippen molar-refractivity contribution in [3.05, 3.63) is 0 Å². The maximum absolute atomic E-state index is 12.8. The molecule has 0 spiro atoms. The minimum absolute atomic E-state index is 0.0931. The van der Waals surface area contributed by atoms with Crippen molar-refractivity contribution in [3.63, 3.8) is 0 Å². The van der Waals surface area contributed by atoms with Gasteiger partial charge in [0.1, 0.15) is 0 Å². The summed E-state index contributed by atoms with van der Waals surface area (Å²) in [5.74, 6) is 2.29. The Bertz CT molecular complexity index is 385. The summed E-state index contributed by atoms with van der Waals surface area (Å²) in [6, 6.07) is 0.704. The van der Waals surface area contributed by atoms with Gasteiger partial charge in [0.25, 0.3) is 0 Å². The Morgan fingerprint density at radius 3 is 2.81 bits per heavy atom. The highest BCUT2D eigenvalue weighted by Crippen LogP contribution is 2.34. The molecule has 3 atom stereocenters. The van der Waals surface area contributed by atoms with E-state index in [4.69, 9.17) is 0 Å². The molecule has 120 valence electrons. The third-order valence-electron chi connectivity index (χ3n) is 5.60. The maximum atomic E-state index is 12.8. The fraction of sp³-hybridized carbons (Fsp3) is 0.941. The van der Waals surface area contributed by atoms with E-state index < -0.39 is 0 Å². The summed E-state index contributed by atoms with van der Waals surface area (Å²) in [4.78, 5) is 15.0. The Morgan fingerprint density at radius 2 is 1.95 bits per heavy atom. The van der Waals surface area contributed by atoms with E-state index >= 15 is 0 Å². The molecule has 3 unspecified atom stereocenters. The molecule has 0 aromatic carbocycles. The van der Waals surface area contributed by atoms with Crippen molar-refractivity contribution in [2.75, 3.05) is 18.8 Å². The van der Waals surface area contributed by atoms with Crippen molar-refractivity contribution < 1.29 is 4.79 Å². The Balaban J connectivity index is 1.57. The second-order valence-electron chi connectivity index (χ2n) is 7.63. The van der Waals surface area contributed by atoms with Gasteiger partial charge in [0, 0.05) is 29.6 Å². The lowest BCUT2D eigenvalue weighted by atomic mass is 9.77. The van der Waals surface area contributed by atoms with Gasteiger partial charge in [-0.25, -0.2) is 0 Å². The molecular weight excluding hydrogens is 280 g/mol. The van der Waals surface area contributed by atoms with Crippen LogP contribution in [0.15, 0.2) is 0 Å². The molecule has 0 radical (unpaired) electrons. The van der Waals surface area contributed by atoms with Crippen molar-refractivity contribution in [2.24, 2.45) is 5.92 Å². The molecule has 3 aliphatic rings. The van der Waals surface area contributed by atoms with Gasteiger partial charge in [0.15, 0.2) is 0 Å². The van der Waals surface area contributed by atoms with E-state index in [2.05, 4.69) is 24.1 Å². The van der Waals surface area contributed by atoms with Gasteiger partial charge in [-0.1, -0.05) is 26.7 Å². The average Bonchev–Trinajstić information content (AvgIpc) is 2.67. The summed E-state index contributed by atoms with van der Waals surface area (Å²) < 4.78 is 0.323. The third kappa shape index (κ3) is 3.76. The summed E-state index contributed by atoms with van der Waals surface area (Å²) in [5, 5.41) is 3.70. The number of rotatable bonds is 1. The van der Waals surface area contributed by atoms with E-state index in [0.717, 1.165) is 37.6 Å². The lowest BCUT2D eigenvalue weighted by Gasteiger charge is -2.41. The summed E-state index contributed by atoms with van der Waals surface area (Å²) in [5.41, 5.74) is 0. The Hall–Kier alpha value is -0.220. The molecule has 2 saturated heterocycles. The molecule has 3 rings (SSSR count). The van der Waals surface area contributed by atoms with Crippen LogP contribution in [0.1, 0.15) is 58.8 Å². The van der Waals surface area contributed by atoms with E-state index in [0.29, 0.717) is 16.7 Å². The molecule has 1 saturated carbocycles. The number of nitrogens with one attached hydrogen (secondary N) is 1. The lowest BCUT2D eigenvalue weighted by molar-refractivity contribution is -0.134. The first kappa shape index (κ1) is 15.7. The van der Waals surface area contributed by atoms with Crippen LogP contribution >= 0.6 is 11.8 Å². The Morgan fingerprint density at radius 1 is 1.14 bits per heavy atom. The van der Waals surface area contributed by atoms with Crippen LogP contribution in [0.25, 0.3) is 0 Å². The van der Waals surface area contributed by atoms with E-state index in [9.17, 15) is 4.79 Å². The second kappa shape index (κ2) is 6.49. The summed E-state index contributed by atoms with van der Waals surface area (Å²) >= 11 is 2.01. The smallest absolute Gasteiger partial charge is 0.239 e. The molecular formula is C17H30N2OS. The average molecular weight is 311 g/mol. The first-order valence-electron chi connectivity index (χ1n) is 8.74. The fourth-order valence-corrected chi connectivity index (χ4v) is 5.25. The van der Waals surface area contributed by atoms with Crippen LogP contribution in [-0.2, 0) is 4.79 Å². The van der Waals surface area contributed by atoms with Gasteiger partial charge in [-0.3, -0.25) is 4.79 Å². The molecule has 2 aliphatic heterocycles. The number of hydrogen-bond acceptors (Lipinski definition) is 3. The SMILES string of the molecule is CC1(C)CCN(C(=O)C2CCC3CCCCC3N2)CCS1. The zero-order chi connectivity index (χ0) is 14.9. The maximum Gasteiger partial charge on any atom is 0.239 e. The normalized spacial score (nSPS) is 36.7. The van der Waals surface area contributed by atoms with Crippen LogP contribution in [0.5, 0.6) is 0 Å². The standard InChI is InChI=1S/C17H30N2OS/c1-17(2)9-10-19(11-12-21-17)16(20)15-8-7-13-5-3-4-6-14(13)18-15/h13-15,18H,3-12H2,1-2H3. The molecule has 4 heteroatoms.